The molecule has 0 fully saturated rings. The molecule has 0 aliphatic rings. The molecule has 6 heteroatoms. The lowest BCUT2D eigenvalue weighted by atomic mass is 10.1. The molecule has 0 saturated carbocycles. The lowest BCUT2D eigenvalue weighted by molar-refractivity contribution is 0.508. The smallest absolute Gasteiger partial charge is 0.266 e. The Kier molecular flexibility index (Phi) is 5.11. The van der Waals surface area contributed by atoms with Gasteiger partial charge in [0.05, 0.1) is 16.6 Å². The van der Waals surface area contributed by atoms with Crippen molar-refractivity contribution in [1.82, 2.24) is 9.55 Å². The number of hydrogen-bond acceptors (Lipinski definition) is 2. The largest absolute Gasteiger partial charge is 0.268 e. The molecule has 0 radical (unpaired) electrons. The van der Waals surface area contributed by atoms with Gasteiger partial charge >= 0.3 is 0 Å². The number of aryl methyl sites for hydroxylation is 1. The molecule has 0 aliphatic heterocycles. The Labute approximate surface area is 174 Å². The molecule has 0 bridgehead atoms. The van der Waals surface area contributed by atoms with Crippen molar-refractivity contribution in [3.8, 4) is 5.69 Å². The number of nitrogens with zero attached hydrogens (tertiary/aromatic N) is 2. The van der Waals surface area contributed by atoms with Gasteiger partial charge in [-0.05, 0) is 66.6 Å². The zero-order valence-electron chi connectivity index (χ0n) is 15.4. The maximum Gasteiger partial charge on any atom is 0.266 e. The van der Waals surface area contributed by atoms with Gasteiger partial charge < -0.3 is 0 Å². The van der Waals surface area contributed by atoms with Crippen LogP contribution in [0.15, 0.2) is 69.9 Å². The number of para-hydroxylation sites is 1. The summed E-state index contributed by atoms with van der Waals surface area (Å²) in [6.07, 6.45) is 3.22. The van der Waals surface area contributed by atoms with E-state index in [-0.39, 0.29) is 5.56 Å². The van der Waals surface area contributed by atoms with Gasteiger partial charge in [-0.25, -0.2) is 13.8 Å². The predicted molar refractivity (Wildman–Crippen MR) is 115 cm³/mol. The van der Waals surface area contributed by atoms with Crippen LogP contribution in [0.25, 0.3) is 28.7 Å². The van der Waals surface area contributed by atoms with Crippen LogP contribution < -0.4 is 5.56 Å². The van der Waals surface area contributed by atoms with Crippen LogP contribution in [0, 0.1) is 18.6 Å². The van der Waals surface area contributed by atoms with Gasteiger partial charge in [0.1, 0.15) is 5.82 Å². The Morgan fingerprint density at radius 3 is 2.52 bits per heavy atom. The molecule has 0 spiro atoms. The Balaban J connectivity index is 1.93. The average Bonchev–Trinajstić information content (AvgIpc) is 2.71. The lowest BCUT2D eigenvalue weighted by Gasteiger charge is -2.12. The first kappa shape index (κ1) is 19.2. The molecule has 144 valence electrons. The summed E-state index contributed by atoms with van der Waals surface area (Å²) in [5, 5.41) is 0.498. The first-order valence-corrected chi connectivity index (χ1v) is 9.65. The predicted octanol–water partition coefficient (Wildman–Crippen LogP) is 5.91. The second-order valence-corrected chi connectivity index (χ2v) is 7.42. The summed E-state index contributed by atoms with van der Waals surface area (Å²) in [5.74, 6) is -1.45. The van der Waals surface area contributed by atoms with E-state index in [9.17, 15) is 13.6 Å². The molecule has 0 amide bonds. The monoisotopic (exact) mass is 452 g/mol. The fraction of sp³-hybridized carbons (Fsp3) is 0.0435. The highest BCUT2D eigenvalue weighted by atomic mass is 79.9. The van der Waals surface area contributed by atoms with Gasteiger partial charge in [-0.2, -0.15) is 0 Å². The van der Waals surface area contributed by atoms with Gasteiger partial charge in [-0.3, -0.25) is 9.36 Å². The fourth-order valence-electron chi connectivity index (χ4n) is 3.07. The first-order valence-electron chi connectivity index (χ1n) is 8.85. The number of hydrogen-bond donors (Lipinski definition) is 0. The molecule has 3 nitrogen and oxygen atoms in total. The van der Waals surface area contributed by atoms with Gasteiger partial charge in [0.2, 0.25) is 0 Å². The molecule has 3 aromatic carbocycles. The molecular weight excluding hydrogens is 438 g/mol. The van der Waals surface area contributed by atoms with Gasteiger partial charge in [0.15, 0.2) is 11.6 Å². The molecule has 0 aliphatic carbocycles. The van der Waals surface area contributed by atoms with Gasteiger partial charge in [-0.15, -0.1) is 0 Å². The maximum atomic E-state index is 13.5. The summed E-state index contributed by atoms with van der Waals surface area (Å²) in [5.41, 5.74) is 2.46. The summed E-state index contributed by atoms with van der Waals surface area (Å²) in [6.45, 7) is 1.93. The van der Waals surface area contributed by atoms with Crippen LogP contribution in [0.1, 0.15) is 17.0 Å². The maximum absolute atomic E-state index is 13.5. The minimum Gasteiger partial charge on any atom is -0.268 e. The van der Waals surface area contributed by atoms with Crippen molar-refractivity contribution in [2.75, 3.05) is 0 Å². The van der Waals surface area contributed by atoms with Crippen molar-refractivity contribution in [1.29, 1.82) is 0 Å². The standard InChI is InChI=1S/C23H15BrF2N2O/c1-14-12-16(8-9-18(14)24)28-22(11-7-15-6-10-19(25)20(26)13-15)27-21-5-3-2-4-17(21)23(28)29/h2-13H,1H3/b11-7+. The van der Waals surface area contributed by atoms with Crippen molar-refractivity contribution in [2.45, 2.75) is 6.92 Å². The van der Waals surface area contributed by atoms with Crippen molar-refractivity contribution in [2.24, 2.45) is 0 Å². The van der Waals surface area contributed by atoms with Crippen LogP contribution in [0.5, 0.6) is 0 Å². The van der Waals surface area contributed by atoms with Crippen LogP contribution in [0.4, 0.5) is 8.78 Å². The zero-order valence-corrected chi connectivity index (χ0v) is 17.0. The number of rotatable bonds is 3. The van der Waals surface area contributed by atoms with Crippen LogP contribution >= 0.6 is 15.9 Å². The Bertz CT molecular complexity index is 1330. The van der Waals surface area contributed by atoms with Crippen LogP contribution in [0.2, 0.25) is 0 Å². The van der Waals surface area contributed by atoms with Crippen molar-refractivity contribution in [3.05, 3.63) is 104 Å². The molecule has 4 rings (SSSR count). The topological polar surface area (TPSA) is 34.9 Å². The third-order valence-electron chi connectivity index (χ3n) is 4.57. The molecule has 0 unspecified atom stereocenters. The van der Waals surface area contributed by atoms with Crippen molar-refractivity contribution in [3.63, 3.8) is 0 Å². The molecule has 1 heterocycles. The van der Waals surface area contributed by atoms with Crippen LogP contribution in [-0.4, -0.2) is 9.55 Å². The minimum absolute atomic E-state index is 0.206. The number of benzene rings is 3. The summed E-state index contributed by atoms with van der Waals surface area (Å²) in [7, 11) is 0. The van der Waals surface area contributed by atoms with E-state index in [4.69, 9.17) is 0 Å². The minimum atomic E-state index is -0.931. The summed E-state index contributed by atoms with van der Waals surface area (Å²) in [6, 6.07) is 16.3. The van der Waals surface area contributed by atoms with Crippen LogP contribution in [-0.2, 0) is 0 Å². The van der Waals surface area contributed by atoms with E-state index in [1.807, 2.05) is 31.2 Å². The third-order valence-corrected chi connectivity index (χ3v) is 5.46. The quantitative estimate of drug-likeness (QED) is 0.387. The summed E-state index contributed by atoms with van der Waals surface area (Å²) >= 11 is 3.47. The molecule has 0 atom stereocenters. The molecule has 1 aromatic heterocycles. The molecule has 29 heavy (non-hydrogen) atoms. The van der Waals surface area contributed by atoms with Gasteiger partial charge in [0.25, 0.3) is 5.56 Å². The number of aromatic nitrogens is 2. The second kappa shape index (κ2) is 7.72. The zero-order chi connectivity index (χ0) is 20.5. The van der Waals surface area contributed by atoms with E-state index in [2.05, 4.69) is 20.9 Å². The molecular formula is C23H15BrF2N2O. The summed E-state index contributed by atoms with van der Waals surface area (Å²) in [4.78, 5) is 17.8. The summed E-state index contributed by atoms with van der Waals surface area (Å²) < 4.78 is 29.1. The SMILES string of the molecule is Cc1cc(-n2c(/C=C/c3ccc(F)c(F)c3)nc3ccccc3c2=O)ccc1Br. The average molecular weight is 453 g/mol. The number of fused-ring (bicyclic) bond motifs is 1. The van der Waals surface area contributed by atoms with E-state index in [0.29, 0.717) is 28.0 Å². The normalized spacial score (nSPS) is 11.4. The van der Waals surface area contributed by atoms with E-state index in [0.717, 1.165) is 22.2 Å². The van der Waals surface area contributed by atoms with E-state index >= 15 is 0 Å². The molecule has 0 saturated heterocycles. The van der Waals surface area contributed by atoms with Crippen molar-refractivity contribution >= 4 is 39.0 Å². The molecule has 4 aromatic rings. The van der Waals surface area contributed by atoms with E-state index in [1.165, 1.54) is 10.6 Å². The highest BCUT2D eigenvalue weighted by Gasteiger charge is 2.12. The number of halogens is 3. The lowest BCUT2D eigenvalue weighted by Crippen LogP contribution is -2.22. The van der Waals surface area contributed by atoms with Gasteiger partial charge in [-0.1, -0.05) is 40.2 Å². The Morgan fingerprint density at radius 1 is 0.966 bits per heavy atom. The second-order valence-electron chi connectivity index (χ2n) is 6.57. The van der Waals surface area contributed by atoms with Crippen molar-refractivity contribution < 1.29 is 8.78 Å². The molecule has 0 N–H and O–H groups in total. The highest BCUT2D eigenvalue weighted by molar-refractivity contribution is 9.10. The fourth-order valence-corrected chi connectivity index (χ4v) is 3.31. The van der Waals surface area contributed by atoms with E-state index in [1.54, 1.807) is 30.4 Å². The Hall–Kier alpha value is -3.12. The van der Waals surface area contributed by atoms with E-state index < -0.39 is 11.6 Å². The highest BCUT2D eigenvalue weighted by Crippen LogP contribution is 2.21. The third kappa shape index (κ3) is 3.76. The Morgan fingerprint density at radius 2 is 1.76 bits per heavy atom. The van der Waals surface area contributed by atoms with Gasteiger partial charge in [0, 0.05) is 4.47 Å². The van der Waals surface area contributed by atoms with Crippen LogP contribution in [0.3, 0.4) is 0 Å². The first-order chi connectivity index (χ1) is 13.9.